The first-order valence-electron chi connectivity index (χ1n) is 5.02. The number of aliphatic hydroxyl groups is 1. The summed E-state index contributed by atoms with van der Waals surface area (Å²) in [5, 5.41) is 9.92. The summed E-state index contributed by atoms with van der Waals surface area (Å²) in [5.41, 5.74) is 0.713. The standard InChI is InChI=1S/C11H14O3/c12-10-4-2-1-3-9(10)11(13)8-5-6-14-7-8/h5-7,9,11,13H,1-4H2. The fourth-order valence-electron chi connectivity index (χ4n) is 2.02. The van der Waals surface area contributed by atoms with Crippen molar-refractivity contribution >= 4 is 5.78 Å². The average molecular weight is 194 g/mol. The molecule has 0 amide bonds. The molecule has 14 heavy (non-hydrogen) atoms. The molecule has 0 spiro atoms. The lowest BCUT2D eigenvalue weighted by molar-refractivity contribution is -0.128. The second kappa shape index (κ2) is 3.96. The Morgan fingerprint density at radius 3 is 3.00 bits per heavy atom. The minimum Gasteiger partial charge on any atom is -0.472 e. The van der Waals surface area contributed by atoms with E-state index in [4.69, 9.17) is 4.42 Å². The van der Waals surface area contributed by atoms with E-state index >= 15 is 0 Å². The molecule has 2 atom stereocenters. The highest BCUT2D eigenvalue weighted by Gasteiger charge is 2.30. The maximum Gasteiger partial charge on any atom is 0.138 e. The van der Waals surface area contributed by atoms with E-state index in [2.05, 4.69) is 0 Å². The Kier molecular flexibility index (Phi) is 2.68. The van der Waals surface area contributed by atoms with Gasteiger partial charge in [0.15, 0.2) is 0 Å². The van der Waals surface area contributed by atoms with Crippen LogP contribution in [0, 0.1) is 5.92 Å². The van der Waals surface area contributed by atoms with Gasteiger partial charge in [0.05, 0.1) is 18.6 Å². The Morgan fingerprint density at radius 1 is 1.50 bits per heavy atom. The van der Waals surface area contributed by atoms with Crippen LogP contribution >= 0.6 is 0 Å². The number of hydrogen-bond donors (Lipinski definition) is 1. The molecule has 2 unspecified atom stereocenters. The number of Topliss-reactive ketones (excluding diaryl/α,β-unsaturated/α-hetero) is 1. The van der Waals surface area contributed by atoms with Gasteiger partial charge in [-0.1, -0.05) is 6.42 Å². The van der Waals surface area contributed by atoms with Gasteiger partial charge in [-0.3, -0.25) is 4.79 Å². The number of furan rings is 1. The van der Waals surface area contributed by atoms with Crippen LogP contribution in [-0.4, -0.2) is 10.9 Å². The van der Waals surface area contributed by atoms with E-state index in [9.17, 15) is 9.90 Å². The predicted octanol–water partition coefficient (Wildman–Crippen LogP) is 2.07. The highest BCUT2D eigenvalue weighted by molar-refractivity contribution is 5.82. The van der Waals surface area contributed by atoms with Crippen molar-refractivity contribution in [3.05, 3.63) is 24.2 Å². The first kappa shape index (κ1) is 9.46. The zero-order valence-corrected chi connectivity index (χ0v) is 7.98. The SMILES string of the molecule is O=C1CCCCC1C(O)c1ccoc1. The summed E-state index contributed by atoms with van der Waals surface area (Å²) in [6.07, 6.45) is 5.75. The highest BCUT2D eigenvalue weighted by Crippen LogP contribution is 2.32. The van der Waals surface area contributed by atoms with Crippen molar-refractivity contribution in [3.63, 3.8) is 0 Å². The van der Waals surface area contributed by atoms with E-state index in [1.807, 2.05) is 0 Å². The van der Waals surface area contributed by atoms with Crippen molar-refractivity contribution in [2.24, 2.45) is 5.92 Å². The van der Waals surface area contributed by atoms with Crippen LogP contribution in [0.15, 0.2) is 23.0 Å². The lowest BCUT2D eigenvalue weighted by Gasteiger charge is -2.24. The summed E-state index contributed by atoms with van der Waals surface area (Å²) in [4.78, 5) is 11.5. The molecule has 0 aromatic carbocycles. The van der Waals surface area contributed by atoms with Gasteiger partial charge in [0.1, 0.15) is 5.78 Å². The zero-order chi connectivity index (χ0) is 9.97. The summed E-state index contributed by atoms with van der Waals surface area (Å²) in [6.45, 7) is 0. The van der Waals surface area contributed by atoms with Gasteiger partial charge in [-0.05, 0) is 18.9 Å². The number of hydrogen-bond acceptors (Lipinski definition) is 3. The van der Waals surface area contributed by atoms with Crippen molar-refractivity contribution in [2.75, 3.05) is 0 Å². The molecule has 2 rings (SSSR count). The molecule has 1 saturated carbocycles. The van der Waals surface area contributed by atoms with Gasteiger partial charge in [0.2, 0.25) is 0 Å². The van der Waals surface area contributed by atoms with E-state index < -0.39 is 6.10 Å². The molecule has 1 N–H and O–H groups in total. The van der Waals surface area contributed by atoms with Crippen LogP contribution in [0.5, 0.6) is 0 Å². The minimum atomic E-state index is -0.679. The lowest BCUT2D eigenvalue weighted by atomic mass is 9.82. The molecule has 1 fully saturated rings. The van der Waals surface area contributed by atoms with E-state index in [0.29, 0.717) is 12.0 Å². The third-order valence-electron chi connectivity index (χ3n) is 2.87. The maximum atomic E-state index is 11.5. The molecule has 0 aliphatic heterocycles. The molecular formula is C11H14O3. The van der Waals surface area contributed by atoms with Crippen molar-refractivity contribution < 1.29 is 14.3 Å². The van der Waals surface area contributed by atoms with E-state index in [0.717, 1.165) is 19.3 Å². The maximum absolute atomic E-state index is 11.5. The summed E-state index contributed by atoms with van der Waals surface area (Å²) < 4.78 is 4.89. The molecule has 0 saturated heterocycles. The topological polar surface area (TPSA) is 50.4 Å². The summed E-state index contributed by atoms with van der Waals surface area (Å²) >= 11 is 0. The van der Waals surface area contributed by atoms with Gasteiger partial charge in [0, 0.05) is 17.9 Å². The van der Waals surface area contributed by atoms with Crippen LogP contribution in [0.4, 0.5) is 0 Å². The van der Waals surface area contributed by atoms with Gasteiger partial charge >= 0.3 is 0 Å². The van der Waals surface area contributed by atoms with Crippen LogP contribution < -0.4 is 0 Å². The molecule has 3 nitrogen and oxygen atoms in total. The number of aliphatic hydroxyl groups excluding tert-OH is 1. The average Bonchev–Trinajstić information content (AvgIpc) is 2.70. The molecule has 1 aromatic heterocycles. The zero-order valence-electron chi connectivity index (χ0n) is 7.98. The Bertz CT molecular complexity index is 302. The second-order valence-corrected chi connectivity index (χ2v) is 3.82. The first-order chi connectivity index (χ1) is 6.79. The Hall–Kier alpha value is -1.09. The second-order valence-electron chi connectivity index (χ2n) is 3.82. The third kappa shape index (κ3) is 1.73. The molecule has 1 aromatic rings. The smallest absolute Gasteiger partial charge is 0.138 e. The molecule has 3 heteroatoms. The Labute approximate surface area is 82.7 Å². The third-order valence-corrected chi connectivity index (χ3v) is 2.87. The van der Waals surface area contributed by atoms with Crippen molar-refractivity contribution in [1.29, 1.82) is 0 Å². The molecule has 0 bridgehead atoms. The van der Waals surface area contributed by atoms with E-state index in [-0.39, 0.29) is 11.7 Å². The van der Waals surface area contributed by atoms with Gasteiger partial charge < -0.3 is 9.52 Å². The largest absolute Gasteiger partial charge is 0.472 e. The van der Waals surface area contributed by atoms with Crippen LogP contribution in [-0.2, 0) is 4.79 Å². The highest BCUT2D eigenvalue weighted by atomic mass is 16.3. The molecule has 1 aliphatic carbocycles. The van der Waals surface area contributed by atoms with Gasteiger partial charge in [0.25, 0.3) is 0 Å². The van der Waals surface area contributed by atoms with Crippen molar-refractivity contribution in [2.45, 2.75) is 31.8 Å². The van der Waals surface area contributed by atoms with E-state index in [1.54, 1.807) is 6.07 Å². The molecule has 76 valence electrons. The van der Waals surface area contributed by atoms with Crippen LogP contribution in [0.3, 0.4) is 0 Å². The monoisotopic (exact) mass is 194 g/mol. The van der Waals surface area contributed by atoms with Crippen LogP contribution in [0.2, 0.25) is 0 Å². The summed E-state index contributed by atoms with van der Waals surface area (Å²) in [5.74, 6) is -0.0358. The van der Waals surface area contributed by atoms with Crippen LogP contribution in [0.25, 0.3) is 0 Å². The van der Waals surface area contributed by atoms with Crippen molar-refractivity contribution in [1.82, 2.24) is 0 Å². The fraction of sp³-hybridized carbons (Fsp3) is 0.545. The molecule has 0 radical (unpaired) electrons. The van der Waals surface area contributed by atoms with Gasteiger partial charge in [-0.2, -0.15) is 0 Å². The fourth-order valence-corrected chi connectivity index (χ4v) is 2.02. The lowest BCUT2D eigenvalue weighted by Crippen LogP contribution is -2.25. The number of carbonyl (C=O) groups is 1. The first-order valence-corrected chi connectivity index (χ1v) is 5.02. The number of carbonyl (C=O) groups excluding carboxylic acids is 1. The quantitative estimate of drug-likeness (QED) is 0.784. The number of ketones is 1. The van der Waals surface area contributed by atoms with Crippen LogP contribution in [0.1, 0.15) is 37.4 Å². The Morgan fingerprint density at radius 2 is 2.36 bits per heavy atom. The summed E-state index contributed by atoms with van der Waals surface area (Å²) in [6, 6.07) is 1.71. The molecular weight excluding hydrogens is 180 g/mol. The molecule has 1 aliphatic rings. The normalized spacial score (nSPS) is 24.9. The minimum absolute atomic E-state index is 0.185. The van der Waals surface area contributed by atoms with E-state index in [1.165, 1.54) is 12.5 Å². The summed E-state index contributed by atoms with van der Waals surface area (Å²) in [7, 11) is 0. The Balaban J connectivity index is 2.10. The molecule has 1 heterocycles. The number of rotatable bonds is 2. The van der Waals surface area contributed by atoms with Gasteiger partial charge in [-0.25, -0.2) is 0 Å². The predicted molar refractivity (Wildman–Crippen MR) is 50.6 cm³/mol. The van der Waals surface area contributed by atoms with Gasteiger partial charge in [-0.15, -0.1) is 0 Å². The van der Waals surface area contributed by atoms with Crippen molar-refractivity contribution in [3.8, 4) is 0 Å².